The van der Waals surface area contributed by atoms with Gasteiger partial charge in [-0.25, -0.2) is 0 Å². The summed E-state index contributed by atoms with van der Waals surface area (Å²) in [7, 11) is 0. The molecule has 2 rings (SSSR count). The molecule has 1 saturated carbocycles. The number of nitrogens with two attached hydrogens (primary N) is 1. The zero-order chi connectivity index (χ0) is 15.5. The maximum Gasteiger partial charge on any atom is 0.252 e. The third-order valence-electron chi connectivity index (χ3n) is 4.32. The van der Waals surface area contributed by atoms with Crippen molar-refractivity contribution in [1.82, 2.24) is 5.32 Å². The number of oxime groups is 1. The van der Waals surface area contributed by atoms with Gasteiger partial charge in [-0.05, 0) is 60.3 Å². The van der Waals surface area contributed by atoms with Crippen LogP contribution in [0.25, 0.3) is 0 Å². The van der Waals surface area contributed by atoms with E-state index in [4.69, 9.17) is 10.9 Å². The molecule has 21 heavy (non-hydrogen) atoms. The van der Waals surface area contributed by atoms with E-state index in [0.717, 1.165) is 22.1 Å². The van der Waals surface area contributed by atoms with Crippen molar-refractivity contribution < 1.29 is 10.0 Å². The molecule has 4 N–H and O–H groups in total. The molecular weight excluding hydrogens is 401 g/mol. The standard InChI is InChI=1S/C14H20IN3O2S/c1-2-9-3-5-14(6-4-9,13(16)18-20)17-12(19)10-7-11(15)21-8-10/h7-9,20H,2-6H2,1H3,(H2,16,18)(H,17,19). The van der Waals surface area contributed by atoms with Gasteiger partial charge in [0, 0.05) is 5.38 Å². The van der Waals surface area contributed by atoms with Crippen LogP contribution < -0.4 is 11.1 Å². The number of rotatable bonds is 4. The molecule has 0 unspecified atom stereocenters. The minimum Gasteiger partial charge on any atom is -0.409 e. The van der Waals surface area contributed by atoms with E-state index in [1.807, 2.05) is 11.4 Å². The molecular formula is C14H20IN3O2S. The number of amidine groups is 1. The van der Waals surface area contributed by atoms with E-state index in [1.54, 1.807) is 0 Å². The Balaban J connectivity index is 2.16. The Morgan fingerprint density at radius 3 is 2.76 bits per heavy atom. The third kappa shape index (κ3) is 3.68. The first kappa shape index (κ1) is 16.5. The minimum absolute atomic E-state index is 0.107. The van der Waals surface area contributed by atoms with Crippen molar-refractivity contribution in [3.05, 3.63) is 19.9 Å². The van der Waals surface area contributed by atoms with Gasteiger partial charge in [0.05, 0.1) is 8.45 Å². The van der Waals surface area contributed by atoms with Gasteiger partial charge in [-0.15, -0.1) is 11.3 Å². The molecule has 5 nitrogen and oxygen atoms in total. The maximum absolute atomic E-state index is 12.4. The summed E-state index contributed by atoms with van der Waals surface area (Å²) < 4.78 is 1.06. The number of nitrogens with zero attached hydrogens (tertiary/aromatic N) is 1. The summed E-state index contributed by atoms with van der Waals surface area (Å²) in [5.74, 6) is 0.606. The number of nitrogens with one attached hydrogen (secondary N) is 1. The second-order valence-electron chi connectivity index (χ2n) is 5.51. The molecule has 0 spiro atoms. The highest BCUT2D eigenvalue weighted by molar-refractivity contribution is 14.1. The van der Waals surface area contributed by atoms with Gasteiger partial charge < -0.3 is 16.3 Å². The lowest BCUT2D eigenvalue weighted by Gasteiger charge is -2.39. The zero-order valence-corrected chi connectivity index (χ0v) is 14.9. The number of hydrogen-bond acceptors (Lipinski definition) is 4. The highest BCUT2D eigenvalue weighted by atomic mass is 127. The van der Waals surface area contributed by atoms with Crippen LogP contribution in [0.5, 0.6) is 0 Å². The molecule has 1 aliphatic carbocycles. The van der Waals surface area contributed by atoms with Gasteiger partial charge >= 0.3 is 0 Å². The Morgan fingerprint density at radius 1 is 1.62 bits per heavy atom. The fourth-order valence-electron chi connectivity index (χ4n) is 2.84. The Labute approximate surface area is 142 Å². The highest BCUT2D eigenvalue weighted by Gasteiger charge is 2.40. The van der Waals surface area contributed by atoms with E-state index >= 15 is 0 Å². The monoisotopic (exact) mass is 421 g/mol. The topological polar surface area (TPSA) is 87.7 Å². The van der Waals surface area contributed by atoms with E-state index in [-0.39, 0.29) is 11.7 Å². The van der Waals surface area contributed by atoms with Gasteiger partial charge in [-0.1, -0.05) is 18.5 Å². The van der Waals surface area contributed by atoms with Crippen LogP contribution in [0.2, 0.25) is 0 Å². The molecule has 116 valence electrons. The number of amides is 1. The maximum atomic E-state index is 12.4. The SMILES string of the molecule is CCC1CCC(NC(=O)c2csc(I)c2)(C(N)=NO)CC1. The van der Waals surface area contributed by atoms with Crippen molar-refractivity contribution in [2.24, 2.45) is 16.8 Å². The Kier molecular flexibility index (Phi) is 5.48. The molecule has 7 heteroatoms. The lowest BCUT2D eigenvalue weighted by atomic mass is 9.74. The lowest BCUT2D eigenvalue weighted by Crippen LogP contribution is -2.59. The average Bonchev–Trinajstić information content (AvgIpc) is 2.93. The van der Waals surface area contributed by atoms with Crippen molar-refractivity contribution >= 4 is 45.7 Å². The van der Waals surface area contributed by atoms with Gasteiger partial charge in [-0.2, -0.15) is 0 Å². The molecule has 0 bridgehead atoms. The lowest BCUT2D eigenvalue weighted by molar-refractivity contribution is 0.0895. The van der Waals surface area contributed by atoms with Crippen LogP contribution in [0.4, 0.5) is 0 Å². The second kappa shape index (κ2) is 6.95. The van der Waals surface area contributed by atoms with Gasteiger partial charge in [0.15, 0.2) is 5.84 Å². The molecule has 0 saturated heterocycles. The van der Waals surface area contributed by atoms with Crippen LogP contribution in [0, 0.1) is 8.80 Å². The molecule has 1 aliphatic rings. The number of hydrogen-bond donors (Lipinski definition) is 3. The molecule has 1 fully saturated rings. The predicted molar refractivity (Wildman–Crippen MR) is 92.9 cm³/mol. The normalized spacial score (nSPS) is 26.6. The van der Waals surface area contributed by atoms with Crippen molar-refractivity contribution in [3.63, 3.8) is 0 Å². The summed E-state index contributed by atoms with van der Waals surface area (Å²) in [5, 5.41) is 17.1. The number of thiophene rings is 1. The Hall–Kier alpha value is -0.830. The van der Waals surface area contributed by atoms with E-state index in [9.17, 15) is 4.79 Å². The van der Waals surface area contributed by atoms with Gasteiger partial charge in [0.1, 0.15) is 5.54 Å². The van der Waals surface area contributed by atoms with Crippen molar-refractivity contribution in [3.8, 4) is 0 Å². The van der Waals surface area contributed by atoms with Gasteiger partial charge in [0.2, 0.25) is 0 Å². The Bertz CT molecular complexity index is 536. The van der Waals surface area contributed by atoms with Crippen molar-refractivity contribution in [2.45, 2.75) is 44.6 Å². The zero-order valence-electron chi connectivity index (χ0n) is 11.9. The van der Waals surface area contributed by atoms with Crippen molar-refractivity contribution in [2.75, 3.05) is 0 Å². The third-order valence-corrected chi connectivity index (χ3v) is 6.11. The summed E-state index contributed by atoms with van der Waals surface area (Å²) in [6.45, 7) is 2.17. The van der Waals surface area contributed by atoms with Gasteiger partial charge in [0.25, 0.3) is 5.91 Å². The molecule has 0 radical (unpaired) electrons. The summed E-state index contributed by atoms with van der Waals surface area (Å²) in [5.41, 5.74) is 5.80. The largest absolute Gasteiger partial charge is 0.409 e. The molecule has 0 atom stereocenters. The Morgan fingerprint density at radius 2 is 2.29 bits per heavy atom. The predicted octanol–water partition coefficient (Wildman–Crippen LogP) is 3.17. The second-order valence-corrected chi connectivity index (χ2v) is 8.32. The highest BCUT2D eigenvalue weighted by Crippen LogP contribution is 2.34. The van der Waals surface area contributed by atoms with Crippen LogP contribution in [0.1, 0.15) is 49.4 Å². The van der Waals surface area contributed by atoms with E-state index in [2.05, 4.69) is 40.0 Å². The molecule has 1 aromatic rings. The van der Waals surface area contributed by atoms with E-state index in [0.29, 0.717) is 24.3 Å². The first-order valence-electron chi connectivity index (χ1n) is 7.05. The fraction of sp³-hybridized carbons (Fsp3) is 0.571. The minimum atomic E-state index is -0.717. The summed E-state index contributed by atoms with van der Waals surface area (Å²) in [6.07, 6.45) is 4.52. The summed E-state index contributed by atoms with van der Waals surface area (Å²) in [4.78, 5) is 12.4. The van der Waals surface area contributed by atoms with Crippen LogP contribution >= 0.6 is 33.9 Å². The molecule has 1 aromatic heterocycles. The molecule has 1 amide bonds. The number of halogens is 1. The first-order chi connectivity index (χ1) is 10.0. The number of carbonyl (C=O) groups is 1. The fourth-order valence-corrected chi connectivity index (χ4v) is 4.16. The molecule has 1 heterocycles. The molecule has 0 aliphatic heterocycles. The quantitative estimate of drug-likeness (QED) is 0.230. The first-order valence-corrected chi connectivity index (χ1v) is 9.01. The average molecular weight is 421 g/mol. The van der Waals surface area contributed by atoms with E-state index < -0.39 is 5.54 Å². The number of carbonyl (C=O) groups excluding carboxylic acids is 1. The van der Waals surface area contributed by atoms with Gasteiger partial charge in [-0.3, -0.25) is 4.79 Å². The smallest absolute Gasteiger partial charge is 0.252 e. The summed E-state index contributed by atoms with van der Waals surface area (Å²) >= 11 is 3.71. The summed E-state index contributed by atoms with van der Waals surface area (Å²) in [6, 6.07) is 1.85. The van der Waals surface area contributed by atoms with Crippen LogP contribution in [-0.4, -0.2) is 22.5 Å². The van der Waals surface area contributed by atoms with Crippen molar-refractivity contribution in [1.29, 1.82) is 0 Å². The van der Waals surface area contributed by atoms with Crippen LogP contribution in [0.15, 0.2) is 16.6 Å². The van der Waals surface area contributed by atoms with Crippen LogP contribution in [-0.2, 0) is 0 Å². The molecule has 0 aromatic carbocycles. The van der Waals surface area contributed by atoms with E-state index in [1.165, 1.54) is 11.3 Å². The van der Waals surface area contributed by atoms with Crippen LogP contribution in [0.3, 0.4) is 0 Å².